The van der Waals surface area contributed by atoms with Crippen molar-refractivity contribution < 1.29 is 0 Å². The van der Waals surface area contributed by atoms with Gasteiger partial charge in [-0.15, -0.1) is 11.3 Å². The molecule has 0 aliphatic heterocycles. The van der Waals surface area contributed by atoms with Crippen LogP contribution in [0.5, 0.6) is 0 Å². The van der Waals surface area contributed by atoms with Gasteiger partial charge in [0, 0.05) is 15.5 Å². The van der Waals surface area contributed by atoms with Crippen LogP contribution in [0.1, 0.15) is 30.5 Å². The van der Waals surface area contributed by atoms with E-state index in [9.17, 15) is 0 Å². The van der Waals surface area contributed by atoms with Crippen LogP contribution in [-0.2, 0) is 11.2 Å². The summed E-state index contributed by atoms with van der Waals surface area (Å²) in [6.45, 7) is 6.70. The van der Waals surface area contributed by atoms with Crippen molar-refractivity contribution in [1.82, 2.24) is 0 Å². The van der Waals surface area contributed by atoms with E-state index in [1.165, 1.54) is 21.7 Å². The van der Waals surface area contributed by atoms with Crippen LogP contribution in [0.3, 0.4) is 0 Å². The average Bonchev–Trinajstić information content (AvgIpc) is 2.35. The lowest BCUT2D eigenvalue weighted by Crippen LogP contribution is -2.07. The maximum Gasteiger partial charge on any atom is 0.0422 e. The van der Waals surface area contributed by atoms with E-state index in [0.29, 0.717) is 0 Å². The van der Waals surface area contributed by atoms with Crippen LogP contribution in [0.25, 0.3) is 0 Å². The van der Waals surface area contributed by atoms with Gasteiger partial charge in [-0.1, -0.05) is 32.7 Å². The number of rotatable bonds is 2. The summed E-state index contributed by atoms with van der Waals surface area (Å²) in [6.07, 6.45) is 0. The average molecular weight is 201 g/mol. The molecule has 0 spiro atoms. The molecule has 0 aliphatic carbocycles. The molecule has 0 aliphatic rings. The third kappa shape index (κ3) is 2.51. The summed E-state index contributed by atoms with van der Waals surface area (Å²) < 4.78 is 0. The third-order valence-electron chi connectivity index (χ3n) is 1.63. The molecular formula is C9H15NS2. The first-order valence-electron chi connectivity index (χ1n) is 3.95. The van der Waals surface area contributed by atoms with Crippen molar-refractivity contribution in [2.75, 3.05) is 0 Å². The van der Waals surface area contributed by atoms with Gasteiger partial charge in [0.15, 0.2) is 0 Å². The standard InChI is InChI=1S/C9H15NS2/c1-9(2,3)8-5-4-7(12-8)6-11-10/h4-5H,6,10H2,1-3H3. The van der Waals surface area contributed by atoms with Crippen LogP contribution in [0.2, 0.25) is 0 Å². The highest BCUT2D eigenvalue weighted by Crippen LogP contribution is 2.30. The van der Waals surface area contributed by atoms with Crippen LogP contribution >= 0.6 is 23.3 Å². The van der Waals surface area contributed by atoms with E-state index < -0.39 is 0 Å². The van der Waals surface area contributed by atoms with Gasteiger partial charge in [-0.25, -0.2) is 0 Å². The predicted molar refractivity (Wildman–Crippen MR) is 58.5 cm³/mol. The summed E-state index contributed by atoms with van der Waals surface area (Å²) in [6, 6.07) is 4.38. The van der Waals surface area contributed by atoms with Gasteiger partial charge in [-0.2, -0.15) is 0 Å². The van der Waals surface area contributed by atoms with Crippen LogP contribution in [0.4, 0.5) is 0 Å². The van der Waals surface area contributed by atoms with Gasteiger partial charge >= 0.3 is 0 Å². The number of hydrogen-bond donors (Lipinski definition) is 1. The second-order valence-electron chi connectivity index (χ2n) is 3.83. The molecule has 1 aromatic heterocycles. The molecule has 0 saturated carbocycles. The van der Waals surface area contributed by atoms with Crippen molar-refractivity contribution in [3.05, 3.63) is 21.9 Å². The second-order valence-corrected chi connectivity index (χ2v) is 5.62. The molecule has 1 aromatic rings. The maximum atomic E-state index is 5.40. The van der Waals surface area contributed by atoms with Crippen molar-refractivity contribution >= 4 is 23.3 Å². The molecule has 1 nitrogen and oxygen atoms in total. The first kappa shape index (κ1) is 10.1. The van der Waals surface area contributed by atoms with Crippen LogP contribution in [0.15, 0.2) is 12.1 Å². The van der Waals surface area contributed by atoms with Gasteiger partial charge in [0.2, 0.25) is 0 Å². The Bertz CT molecular complexity index is 247. The minimum atomic E-state index is 0.280. The monoisotopic (exact) mass is 201 g/mol. The first-order valence-corrected chi connectivity index (χ1v) is 5.81. The fraction of sp³-hybridized carbons (Fsp3) is 0.556. The molecule has 1 heterocycles. The Morgan fingerprint density at radius 3 is 2.50 bits per heavy atom. The third-order valence-corrected chi connectivity index (χ3v) is 3.80. The van der Waals surface area contributed by atoms with Crippen molar-refractivity contribution in [1.29, 1.82) is 0 Å². The maximum absolute atomic E-state index is 5.40. The fourth-order valence-corrected chi connectivity index (χ4v) is 2.50. The van der Waals surface area contributed by atoms with Gasteiger partial charge in [0.1, 0.15) is 0 Å². The van der Waals surface area contributed by atoms with Crippen molar-refractivity contribution in [2.24, 2.45) is 5.14 Å². The molecule has 0 unspecified atom stereocenters. The van der Waals surface area contributed by atoms with Crippen molar-refractivity contribution in [2.45, 2.75) is 31.9 Å². The molecule has 0 radical (unpaired) electrons. The molecule has 2 N–H and O–H groups in total. The molecule has 12 heavy (non-hydrogen) atoms. The summed E-state index contributed by atoms with van der Waals surface area (Å²) in [5.74, 6) is 0.931. The van der Waals surface area contributed by atoms with E-state index in [0.717, 1.165) is 5.75 Å². The van der Waals surface area contributed by atoms with E-state index in [4.69, 9.17) is 5.14 Å². The molecule has 0 saturated heterocycles. The Balaban J connectivity index is 2.77. The SMILES string of the molecule is CC(C)(C)c1ccc(CSN)s1. The summed E-state index contributed by atoms with van der Waals surface area (Å²) in [5.41, 5.74) is 0.280. The Kier molecular flexibility index (Phi) is 3.21. The zero-order chi connectivity index (χ0) is 9.19. The minimum absolute atomic E-state index is 0.280. The predicted octanol–water partition coefficient (Wildman–Crippen LogP) is 3.15. The Morgan fingerprint density at radius 2 is 2.08 bits per heavy atom. The van der Waals surface area contributed by atoms with Crippen molar-refractivity contribution in [3.8, 4) is 0 Å². The largest absolute Gasteiger partial charge is 0.278 e. The summed E-state index contributed by atoms with van der Waals surface area (Å²) in [7, 11) is 0. The van der Waals surface area contributed by atoms with Gasteiger partial charge in [0.25, 0.3) is 0 Å². The lowest BCUT2D eigenvalue weighted by Gasteiger charge is -2.15. The highest BCUT2D eigenvalue weighted by molar-refractivity contribution is 7.96. The molecule has 1 rings (SSSR count). The van der Waals surface area contributed by atoms with E-state index in [1.54, 1.807) is 0 Å². The van der Waals surface area contributed by atoms with Crippen LogP contribution in [-0.4, -0.2) is 0 Å². The Morgan fingerprint density at radius 1 is 1.42 bits per heavy atom. The lowest BCUT2D eigenvalue weighted by molar-refractivity contribution is 0.604. The highest BCUT2D eigenvalue weighted by Gasteiger charge is 2.15. The van der Waals surface area contributed by atoms with Gasteiger partial charge in [-0.05, 0) is 17.5 Å². The molecule has 0 bridgehead atoms. The first-order chi connectivity index (χ1) is 5.54. The number of nitrogens with two attached hydrogens (primary N) is 1. The minimum Gasteiger partial charge on any atom is -0.278 e. The summed E-state index contributed by atoms with van der Waals surface area (Å²) in [4.78, 5) is 2.80. The van der Waals surface area contributed by atoms with Gasteiger partial charge in [-0.3, -0.25) is 5.14 Å². The molecule has 0 fully saturated rings. The van der Waals surface area contributed by atoms with E-state index in [1.807, 2.05) is 11.3 Å². The Hall–Kier alpha value is 0.01000. The number of hydrogen-bond acceptors (Lipinski definition) is 3. The molecule has 0 atom stereocenters. The highest BCUT2D eigenvalue weighted by atomic mass is 32.2. The van der Waals surface area contributed by atoms with E-state index in [2.05, 4.69) is 32.9 Å². The fourth-order valence-electron chi connectivity index (χ4n) is 0.941. The molecule has 0 amide bonds. The molecule has 3 heteroatoms. The van der Waals surface area contributed by atoms with E-state index >= 15 is 0 Å². The second kappa shape index (κ2) is 3.81. The van der Waals surface area contributed by atoms with Gasteiger partial charge in [0.05, 0.1) is 0 Å². The number of thiophene rings is 1. The van der Waals surface area contributed by atoms with E-state index in [-0.39, 0.29) is 5.41 Å². The lowest BCUT2D eigenvalue weighted by atomic mass is 9.95. The smallest absolute Gasteiger partial charge is 0.0422 e. The topological polar surface area (TPSA) is 26.0 Å². The quantitative estimate of drug-likeness (QED) is 0.744. The zero-order valence-corrected chi connectivity index (χ0v) is 9.39. The summed E-state index contributed by atoms with van der Waals surface area (Å²) in [5, 5.41) is 5.40. The van der Waals surface area contributed by atoms with Gasteiger partial charge < -0.3 is 0 Å². The molecule has 0 aromatic carbocycles. The summed E-state index contributed by atoms with van der Waals surface area (Å²) >= 11 is 3.25. The normalized spacial score (nSPS) is 12.0. The van der Waals surface area contributed by atoms with Crippen molar-refractivity contribution in [3.63, 3.8) is 0 Å². The zero-order valence-electron chi connectivity index (χ0n) is 7.76. The van der Waals surface area contributed by atoms with Crippen LogP contribution in [0, 0.1) is 0 Å². The molecule has 68 valence electrons. The Labute approximate surface area is 82.5 Å². The van der Waals surface area contributed by atoms with Crippen LogP contribution < -0.4 is 5.14 Å². The molecular weight excluding hydrogens is 186 g/mol.